The van der Waals surface area contributed by atoms with Crippen LogP contribution in [-0.2, 0) is 26.9 Å². The molecule has 10 heteroatoms. The van der Waals surface area contributed by atoms with Crippen LogP contribution in [0.15, 0.2) is 54.6 Å². The van der Waals surface area contributed by atoms with Crippen LogP contribution in [0.5, 0.6) is 0 Å². The van der Waals surface area contributed by atoms with Crippen LogP contribution in [0.4, 0.5) is 23.7 Å². The Hall–Kier alpha value is -3.56. The Kier molecular flexibility index (Phi) is 8.73. The number of hydrogen-bond donors (Lipinski definition) is 2. The van der Waals surface area contributed by atoms with Gasteiger partial charge in [0, 0.05) is 25.2 Å². The lowest BCUT2D eigenvalue weighted by molar-refractivity contribution is -0.151. The summed E-state index contributed by atoms with van der Waals surface area (Å²) in [6, 6.07) is 11.5. The van der Waals surface area contributed by atoms with E-state index >= 15 is 0 Å². The fourth-order valence-corrected chi connectivity index (χ4v) is 4.00. The van der Waals surface area contributed by atoms with Gasteiger partial charge in [0.05, 0.1) is 18.1 Å². The van der Waals surface area contributed by atoms with Gasteiger partial charge in [-0.05, 0) is 43.5 Å². The molecule has 1 saturated heterocycles. The van der Waals surface area contributed by atoms with E-state index < -0.39 is 29.7 Å². The highest BCUT2D eigenvalue weighted by Gasteiger charge is 2.34. The van der Waals surface area contributed by atoms with E-state index in [1.165, 1.54) is 17.0 Å². The van der Waals surface area contributed by atoms with Gasteiger partial charge in [-0.1, -0.05) is 36.4 Å². The van der Waals surface area contributed by atoms with Crippen LogP contribution in [0.3, 0.4) is 0 Å². The van der Waals surface area contributed by atoms with Gasteiger partial charge in [0.2, 0.25) is 5.91 Å². The molecule has 0 spiro atoms. The smallest absolute Gasteiger partial charge is 0.416 e. The Morgan fingerprint density at radius 1 is 1.11 bits per heavy atom. The first-order valence-corrected chi connectivity index (χ1v) is 11.4. The van der Waals surface area contributed by atoms with Crippen molar-refractivity contribution in [2.24, 2.45) is 5.92 Å². The molecule has 188 valence electrons. The van der Waals surface area contributed by atoms with E-state index in [4.69, 9.17) is 4.74 Å². The monoisotopic (exact) mass is 491 g/mol. The van der Waals surface area contributed by atoms with Crippen LogP contribution in [-0.4, -0.2) is 48.5 Å². The number of carbonyl (C=O) groups excluding carboxylic acids is 3. The minimum atomic E-state index is -4.55. The third-order valence-electron chi connectivity index (χ3n) is 5.69. The summed E-state index contributed by atoms with van der Waals surface area (Å²) in [7, 11) is 0. The number of hydrogen-bond acceptors (Lipinski definition) is 4. The lowest BCUT2D eigenvalue weighted by Gasteiger charge is -2.34. The summed E-state index contributed by atoms with van der Waals surface area (Å²) in [6.07, 6.45) is -3.15. The number of nitrogens with one attached hydrogen (secondary N) is 2. The molecule has 0 bridgehead atoms. The second-order valence-corrected chi connectivity index (χ2v) is 8.29. The number of halogens is 3. The van der Waals surface area contributed by atoms with E-state index in [0.717, 1.165) is 17.7 Å². The molecule has 1 aliphatic heterocycles. The second-order valence-electron chi connectivity index (χ2n) is 8.29. The summed E-state index contributed by atoms with van der Waals surface area (Å²) in [6.45, 7) is 2.57. The van der Waals surface area contributed by atoms with E-state index in [1.807, 2.05) is 18.2 Å². The van der Waals surface area contributed by atoms with E-state index in [0.29, 0.717) is 19.4 Å². The lowest BCUT2D eigenvalue weighted by Crippen LogP contribution is -2.53. The van der Waals surface area contributed by atoms with Crippen LogP contribution in [0.1, 0.15) is 30.9 Å². The normalized spacial score (nSPS) is 16.8. The van der Waals surface area contributed by atoms with Gasteiger partial charge in [-0.3, -0.25) is 9.59 Å². The number of likely N-dealkylation sites (tertiary alicyclic amines) is 1. The van der Waals surface area contributed by atoms with Crippen molar-refractivity contribution in [3.8, 4) is 0 Å². The molecule has 35 heavy (non-hydrogen) atoms. The Bertz CT molecular complexity index is 1030. The first-order valence-electron chi connectivity index (χ1n) is 11.4. The molecule has 1 aliphatic rings. The van der Waals surface area contributed by atoms with Crippen LogP contribution < -0.4 is 10.6 Å². The number of esters is 1. The van der Waals surface area contributed by atoms with Crippen molar-refractivity contribution in [3.05, 3.63) is 65.7 Å². The van der Waals surface area contributed by atoms with Crippen molar-refractivity contribution in [2.75, 3.05) is 25.0 Å². The minimum Gasteiger partial charge on any atom is -0.466 e. The van der Waals surface area contributed by atoms with Crippen LogP contribution in [0, 0.1) is 5.92 Å². The van der Waals surface area contributed by atoms with Crippen molar-refractivity contribution in [1.29, 1.82) is 0 Å². The zero-order valence-electron chi connectivity index (χ0n) is 19.3. The lowest BCUT2D eigenvalue weighted by atomic mass is 9.96. The van der Waals surface area contributed by atoms with Gasteiger partial charge in [0.25, 0.3) is 0 Å². The number of amides is 3. The molecule has 3 amide bonds. The van der Waals surface area contributed by atoms with Crippen molar-refractivity contribution in [3.63, 3.8) is 0 Å². The number of nitrogens with zero attached hydrogens (tertiary/aromatic N) is 1. The molecule has 7 nitrogen and oxygen atoms in total. The van der Waals surface area contributed by atoms with Gasteiger partial charge < -0.3 is 20.3 Å². The maximum Gasteiger partial charge on any atom is 0.416 e. The summed E-state index contributed by atoms with van der Waals surface area (Å²) >= 11 is 0. The highest BCUT2D eigenvalue weighted by Crippen LogP contribution is 2.30. The first-order chi connectivity index (χ1) is 16.7. The van der Waals surface area contributed by atoms with E-state index in [-0.39, 0.29) is 37.1 Å². The summed E-state index contributed by atoms with van der Waals surface area (Å²) in [5, 5.41) is 4.98. The maximum atomic E-state index is 13.4. The molecular weight excluding hydrogens is 463 g/mol. The Morgan fingerprint density at radius 2 is 1.86 bits per heavy atom. The number of ether oxygens (including phenoxy) is 1. The second kappa shape index (κ2) is 11.7. The number of alkyl halides is 3. The third kappa shape index (κ3) is 7.46. The number of carbonyl (C=O) groups is 3. The Balaban J connectivity index is 1.74. The quantitative estimate of drug-likeness (QED) is 0.568. The fraction of sp³-hybridized carbons (Fsp3) is 0.400. The average Bonchev–Trinajstić information content (AvgIpc) is 2.83. The molecular formula is C25H28F3N3O4. The van der Waals surface area contributed by atoms with E-state index in [1.54, 1.807) is 19.1 Å². The molecule has 3 rings (SSSR count). The SMILES string of the molecule is CCOC(=O)C1CCCN(C(=O)C(Cc2ccccc2)NC(=O)Nc2cccc(C(F)(F)F)c2)C1. The van der Waals surface area contributed by atoms with Crippen molar-refractivity contribution in [1.82, 2.24) is 10.2 Å². The average molecular weight is 492 g/mol. The fourth-order valence-electron chi connectivity index (χ4n) is 4.00. The molecule has 1 fully saturated rings. The third-order valence-corrected chi connectivity index (χ3v) is 5.69. The molecule has 0 aliphatic carbocycles. The molecule has 2 atom stereocenters. The summed E-state index contributed by atoms with van der Waals surface area (Å²) in [4.78, 5) is 39.8. The Morgan fingerprint density at radius 3 is 2.54 bits per heavy atom. The molecule has 2 aromatic carbocycles. The summed E-state index contributed by atoms with van der Waals surface area (Å²) < 4.78 is 44.1. The zero-order chi connectivity index (χ0) is 25.4. The molecule has 2 unspecified atom stereocenters. The number of benzene rings is 2. The number of urea groups is 1. The van der Waals surface area contributed by atoms with Gasteiger partial charge >= 0.3 is 18.2 Å². The van der Waals surface area contributed by atoms with Crippen molar-refractivity contribution in [2.45, 2.75) is 38.4 Å². The van der Waals surface area contributed by atoms with Gasteiger partial charge in [0.1, 0.15) is 6.04 Å². The van der Waals surface area contributed by atoms with E-state index in [2.05, 4.69) is 10.6 Å². The van der Waals surface area contributed by atoms with Gasteiger partial charge in [-0.15, -0.1) is 0 Å². The van der Waals surface area contributed by atoms with Crippen LogP contribution in [0.25, 0.3) is 0 Å². The molecule has 2 aromatic rings. The predicted octanol–water partition coefficient (Wildman–Crippen LogP) is 4.24. The molecule has 0 radical (unpaired) electrons. The zero-order valence-corrected chi connectivity index (χ0v) is 19.3. The van der Waals surface area contributed by atoms with Gasteiger partial charge in [-0.2, -0.15) is 13.2 Å². The van der Waals surface area contributed by atoms with Crippen molar-refractivity contribution < 1.29 is 32.3 Å². The number of rotatable bonds is 7. The van der Waals surface area contributed by atoms with Crippen LogP contribution >= 0.6 is 0 Å². The minimum absolute atomic E-state index is 0.0522. The molecule has 2 N–H and O–H groups in total. The van der Waals surface area contributed by atoms with Crippen LogP contribution in [0.2, 0.25) is 0 Å². The van der Waals surface area contributed by atoms with Gasteiger partial charge in [-0.25, -0.2) is 4.79 Å². The van der Waals surface area contributed by atoms with E-state index in [9.17, 15) is 27.6 Å². The predicted molar refractivity (Wildman–Crippen MR) is 123 cm³/mol. The standard InChI is InChI=1S/C25H28F3N3O4/c1-2-35-23(33)18-10-7-13-31(16-18)22(32)21(14-17-8-4-3-5-9-17)30-24(34)29-20-12-6-11-19(15-20)25(26,27)28/h3-6,8-9,11-12,15,18,21H,2,7,10,13-14,16H2,1H3,(H2,29,30,34). The molecule has 0 saturated carbocycles. The summed E-state index contributed by atoms with van der Waals surface area (Å²) in [5.74, 6) is -1.18. The van der Waals surface area contributed by atoms with Crippen molar-refractivity contribution >= 4 is 23.6 Å². The number of piperidine rings is 1. The molecule has 0 aromatic heterocycles. The largest absolute Gasteiger partial charge is 0.466 e. The summed E-state index contributed by atoms with van der Waals surface area (Å²) in [5.41, 5.74) is -0.154. The topological polar surface area (TPSA) is 87.7 Å². The number of anilines is 1. The highest BCUT2D eigenvalue weighted by molar-refractivity contribution is 5.94. The highest BCUT2D eigenvalue weighted by atomic mass is 19.4. The Labute approximate surface area is 201 Å². The first kappa shape index (κ1) is 26.1. The van der Waals surface area contributed by atoms with Gasteiger partial charge in [0.15, 0.2) is 0 Å². The maximum absolute atomic E-state index is 13.4. The molecule has 1 heterocycles.